The highest BCUT2D eigenvalue weighted by Crippen LogP contribution is 2.19. The third-order valence-corrected chi connectivity index (χ3v) is 3.66. The molecule has 2 aromatic rings. The predicted octanol–water partition coefficient (Wildman–Crippen LogP) is 0.760. The van der Waals surface area contributed by atoms with E-state index in [1.54, 1.807) is 0 Å². The Morgan fingerprint density at radius 3 is 2.59 bits per heavy atom. The van der Waals surface area contributed by atoms with Crippen LogP contribution in [0.1, 0.15) is 19.4 Å². The lowest BCUT2D eigenvalue weighted by atomic mass is 10.0. The molecule has 0 unspecified atom stereocenters. The van der Waals surface area contributed by atoms with Crippen LogP contribution in [0.5, 0.6) is 0 Å². The molecule has 0 aliphatic carbocycles. The van der Waals surface area contributed by atoms with Crippen molar-refractivity contribution in [3.63, 3.8) is 0 Å². The molecule has 1 aromatic heterocycles. The van der Waals surface area contributed by atoms with Gasteiger partial charge in [-0.25, -0.2) is 0 Å². The molecule has 0 saturated carbocycles. The number of fused-ring (bicyclic) bond motifs is 1. The fourth-order valence-electron chi connectivity index (χ4n) is 2.52. The second-order valence-electron chi connectivity index (χ2n) is 5.70. The topological polar surface area (TPSA) is 105 Å². The molecule has 5 N–H and O–H groups in total. The molecule has 0 radical (unpaired) electrons. The fourth-order valence-corrected chi connectivity index (χ4v) is 2.52. The number of aromatic amines is 1. The van der Waals surface area contributed by atoms with E-state index >= 15 is 0 Å². The number of hydrogen-bond donors (Lipinski definition) is 3. The van der Waals surface area contributed by atoms with Crippen LogP contribution in [-0.4, -0.2) is 40.3 Å². The zero-order chi connectivity index (χ0) is 16.3. The molecule has 2 amide bonds. The number of H-pyrrole nitrogens is 1. The molecule has 1 aromatic carbocycles. The Balaban J connectivity index is 2.15. The minimum Gasteiger partial charge on any atom is -0.368 e. The number of amides is 2. The number of carbonyl (C=O) groups excluding carboxylic acids is 2. The Labute approximate surface area is 129 Å². The largest absolute Gasteiger partial charge is 0.368 e. The molecule has 0 fully saturated rings. The van der Waals surface area contributed by atoms with Gasteiger partial charge in [0.15, 0.2) is 0 Å². The second-order valence-corrected chi connectivity index (χ2v) is 5.70. The number of aromatic nitrogens is 1. The van der Waals surface area contributed by atoms with Crippen molar-refractivity contribution in [2.75, 3.05) is 6.54 Å². The van der Waals surface area contributed by atoms with E-state index in [1.165, 1.54) is 4.90 Å². The first-order valence-corrected chi connectivity index (χ1v) is 7.29. The van der Waals surface area contributed by atoms with E-state index in [-0.39, 0.29) is 18.5 Å². The summed E-state index contributed by atoms with van der Waals surface area (Å²) in [6.07, 6.45) is 2.27. The van der Waals surface area contributed by atoms with Gasteiger partial charge < -0.3 is 21.4 Å². The monoisotopic (exact) mass is 302 g/mol. The number of nitrogens with two attached hydrogens (primary N) is 2. The highest BCUT2D eigenvalue weighted by molar-refractivity contribution is 5.88. The van der Waals surface area contributed by atoms with E-state index in [1.807, 2.05) is 44.3 Å². The number of nitrogens with zero attached hydrogens (tertiary/aromatic N) is 1. The van der Waals surface area contributed by atoms with Gasteiger partial charge in [0.1, 0.15) is 0 Å². The zero-order valence-corrected chi connectivity index (χ0v) is 12.9. The SMILES string of the molecule is CC(C)N(CC(N)=O)C(=O)[C@@H](N)Cc1c[nH]c2ccccc12. The molecule has 118 valence electrons. The Morgan fingerprint density at radius 1 is 1.27 bits per heavy atom. The van der Waals surface area contributed by atoms with Crippen molar-refractivity contribution in [1.82, 2.24) is 9.88 Å². The normalized spacial score (nSPS) is 12.5. The average Bonchev–Trinajstić information content (AvgIpc) is 2.87. The van der Waals surface area contributed by atoms with Gasteiger partial charge in [-0.2, -0.15) is 0 Å². The number of carbonyl (C=O) groups is 2. The molecule has 6 heteroatoms. The molecule has 0 aliphatic heterocycles. The maximum atomic E-state index is 12.5. The number of rotatable bonds is 6. The maximum absolute atomic E-state index is 12.5. The van der Waals surface area contributed by atoms with Crippen molar-refractivity contribution in [3.05, 3.63) is 36.0 Å². The minimum atomic E-state index is -0.707. The van der Waals surface area contributed by atoms with E-state index in [0.717, 1.165) is 16.5 Å². The van der Waals surface area contributed by atoms with E-state index in [9.17, 15) is 9.59 Å². The minimum absolute atomic E-state index is 0.113. The predicted molar refractivity (Wildman–Crippen MR) is 86.0 cm³/mol. The molecule has 0 aliphatic rings. The number of hydrogen-bond acceptors (Lipinski definition) is 3. The van der Waals surface area contributed by atoms with Crippen molar-refractivity contribution >= 4 is 22.7 Å². The Hall–Kier alpha value is -2.34. The summed E-state index contributed by atoms with van der Waals surface area (Å²) in [5.74, 6) is -0.805. The summed E-state index contributed by atoms with van der Waals surface area (Å²) in [4.78, 5) is 28.2. The maximum Gasteiger partial charge on any atom is 0.240 e. The van der Waals surface area contributed by atoms with Crippen LogP contribution in [0.2, 0.25) is 0 Å². The first-order valence-electron chi connectivity index (χ1n) is 7.29. The molecular weight excluding hydrogens is 280 g/mol. The van der Waals surface area contributed by atoms with Gasteiger partial charge in [-0.15, -0.1) is 0 Å². The molecule has 0 spiro atoms. The summed E-state index contributed by atoms with van der Waals surface area (Å²) in [5.41, 5.74) is 13.3. The van der Waals surface area contributed by atoms with Gasteiger partial charge in [0, 0.05) is 23.1 Å². The Morgan fingerprint density at radius 2 is 1.95 bits per heavy atom. The molecule has 6 nitrogen and oxygen atoms in total. The van der Waals surface area contributed by atoms with Crippen LogP contribution in [0.3, 0.4) is 0 Å². The van der Waals surface area contributed by atoms with Crippen LogP contribution >= 0.6 is 0 Å². The summed E-state index contributed by atoms with van der Waals surface area (Å²) in [7, 11) is 0. The Kier molecular flexibility index (Phi) is 4.82. The van der Waals surface area contributed by atoms with E-state index in [4.69, 9.17) is 11.5 Å². The molecule has 0 saturated heterocycles. The zero-order valence-electron chi connectivity index (χ0n) is 12.9. The summed E-state index contributed by atoms with van der Waals surface area (Å²) >= 11 is 0. The summed E-state index contributed by atoms with van der Waals surface area (Å²) in [6, 6.07) is 7.01. The van der Waals surface area contributed by atoms with Crippen molar-refractivity contribution in [2.45, 2.75) is 32.4 Å². The number of benzene rings is 1. The van der Waals surface area contributed by atoms with Crippen molar-refractivity contribution in [2.24, 2.45) is 11.5 Å². The molecule has 0 bridgehead atoms. The summed E-state index contributed by atoms with van der Waals surface area (Å²) < 4.78 is 0. The van der Waals surface area contributed by atoms with Crippen molar-refractivity contribution in [1.29, 1.82) is 0 Å². The van der Waals surface area contributed by atoms with Crippen molar-refractivity contribution < 1.29 is 9.59 Å². The van der Waals surface area contributed by atoms with Gasteiger partial charge in [0.2, 0.25) is 11.8 Å². The van der Waals surface area contributed by atoms with Crippen LogP contribution in [0, 0.1) is 0 Å². The van der Waals surface area contributed by atoms with Crippen molar-refractivity contribution in [3.8, 4) is 0 Å². The van der Waals surface area contributed by atoms with Gasteiger partial charge in [0.05, 0.1) is 12.6 Å². The molecule has 22 heavy (non-hydrogen) atoms. The van der Waals surface area contributed by atoms with Gasteiger partial charge in [-0.1, -0.05) is 18.2 Å². The van der Waals surface area contributed by atoms with E-state index < -0.39 is 11.9 Å². The summed E-state index contributed by atoms with van der Waals surface area (Å²) in [6.45, 7) is 3.55. The molecule has 2 rings (SSSR count). The molecule has 1 heterocycles. The van der Waals surface area contributed by atoms with Gasteiger partial charge >= 0.3 is 0 Å². The standard InChI is InChI=1S/C16H22N4O2/c1-10(2)20(9-15(18)21)16(22)13(17)7-11-8-19-14-6-4-3-5-12(11)14/h3-6,8,10,13,19H,7,9,17H2,1-2H3,(H2,18,21)/t13-/m0/s1. The van der Waals surface area contributed by atoms with Crippen LogP contribution in [0.25, 0.3) is 10.9 Å². The number of para-hydroxylation sites is 1. The molecular formula is C16H22N4O2. The van der Waals surface area contributed by atoms with Gasteiger partial charge in [-0.05, 0) is 31.9 Å². The van der Waals surface area contributed by atoms with Crippen LogP contribution in [-0.2, 0) is 16.0 Å². The first kappa shape index (κ1) is 16.0. The smallest absolute Gasteiger partial charge is 0.240 e. The van der Waals surface area contributed by atoms with E-state index in [0.29, 0.717) is 6.42 Å². The first-order chi connectivity index (χ1) is 10.4. The lowest BCUT2D eigenvalue weighted by molar-refractivity contribution is -0.138. The van der Waals surface area contributed by atoms with Crippen LogP contribution < -0.4 is 11.5 Å². The third kappa shape index (κ3) is 3.46. The third-order valence-electron chi connectivity index (χ3n) is 3.66. The highest BCUT2D eigenvalue weighted by Gasteiger charge is 2.25. The van der Waals surface area contributed by atoms with Crippen LogP contribution in [0.4, 0.5) is 0 Å². The summed E-state index contributed by atoms with van der Waals surface area (Å²) in [5, 5.41) is 1.05. The quantitative estimate of drug-likeness (QED) is 0.733. The van der Waals surface area contributed by atoms with Crippen LogP contribution in [0.15, 0.2) is 30.5 Å². The van der Waals surface area contributed by atoms with Gasteiger partial charge in [0.25, 0.3) is 0 Å². The number of primary amides is 1. The Bertz CT molecular complexity index is 678. The average molecular weight is 302 g/mol. The van der Waals surface area contributed by atoms with Gasteiger partial charge in [-0.3, -0.25) is 9.59 Å². The second kappa shape index (κ2) is 6.62. The van der Waals surface area contributed by atoms with E-state index in [2.05, 4.69) is 4.98 Å². The lowest BCUT2D eigenvalue weighted by Crippen LogP contribution is -2.50. The fraction of sp³-hybridized carbons (Fsp3) is 0.375. The lowest BCUT2D eigenvalue weighted by Gasteiger charge is -2.28. The highest BCUT2D eigenvalue weighted by atomic mass is 16.2. The number of nitrogens with one attached hydrogen (secondary N) is 1. The molecule has 1 atom stereocenters.